The Kier molecular flexibility index (Phi) is 5.96. The van der Waals surface area contributed by atoms with E-state index in [-0.39, 0.29) is 13.2 Å². The van der Waals surface area contributed by atoms with Crippen molar-refractivity contribution in [3.05, 3.63) is 35.9 Å². The minimum absolute atomic E-state index is 0.0362. The van der Waals surface area contributed by atoms with Gasteiger partial charge in [0, 0.05) is 19.7 Å². The molecule has 0 unspecified atom stereocenters. The molecular weight excluding hydrogens is 212 g/mol. The summed E-state index contributed by atoms with van der Waals surface area (Å²) in [5.74, 6) is 0. The van der Waals surface area contributed by atoms with Crippen molar-refractivity contribution in [2.75, 3.05) is 19.7 Å². The standard InChI is InChI=1S/C12H17F2NO/c13-12(14)10-15(7-4-8-16)9-11-5-2-1-3-6-11/h1-3,5-6,12,16H,4,7-10H2. The van der Waals surface area contributed by atoms with Gasteiger partial charge >= 0.3 is 0 Å². The van der Waals surface area contributed by atoms with Crippen LogP contribution in [0.3, 0.4) is 0 Å². The van der Waals surface area contributed by atoms with Crippen LogP contribution in [0.1, 0.15) is 12.0 Å². The van der Waals surface area contributed by atoms with E-state index in [1.54, 1.807) is 4.90 Å². The predicted octanol–water partition coefficient (Wildman–Crippen LogP) is 2.14. The number of hydrogen-bond acceptors (Lipinski definition) is 2. The normalized spacial score (nSPS) is 11.3. The first-order valence-corrected chi connectivity index (χ1v) is 5.37. The fourth-order valence-electron chi connectivity index (χ4n) is 1.57. The summed E-state index contributed by atoms with van der Waals surface area (Å²) in [6.45, 7) is 0.796. The molecule has 1 rings (SSSR count). The zero-order valence-electron chi connectivity index (χ0n) is 9.15. The lowest BCUT2D eigenvalue weighted by atomic mass is 10.2. The summed E-state index contributed by atoms with van der Waals surface area (Å²) in [7, 11) is 0. The summed E-state index contributed by atoms with van der Waals surface area (Å²) < 4.78 is 24.6. The molecule has 90 valence electrons. The number of halogens is 2. The van der Waals surface area contributed by atoms with Gasteiger partial charge in [-0.3, -0.25) is 4.90 Å². The molecule has 0 spiro atoms. The van der Waals surface area contributed by atoms with E-state index in [4.69, 9.17) is 5.11 Å². The average Bonchev–Trinajstić information content (AvgIpc) is 2.26. The molecular formula is C12H17F2NO. The van der Waals surface area contributed by atoms with Crippen LogP contribution in [0.15, 0.2) is 30.3 Å². The SMILES string of the molecule is OCCCN(Cc1ccccc1)CC(F)F. The Hall–Kier alpha value is -1.00. The maximum atomic E-state index is 12.3. The van der Waals surface area contributed by atoms with Gasteiger partial charge in [-0.15, -0.1) is 0 Å². The fourth-order valence-corrected chi connectivity index (χ4v) is 1.57. The van der Waals surface area contributed by atoms with E-state index < -0.39 is 6.43 Å². The van der Waals surface area contributed by atoms with E-state index in [1.165, 1.54) is 0 Å². The van der Waals surface area contributed by atoms with Crippen molar-refractivity contribution in [2.24, 2.45) is 0 Å². The second-order valence-electron chi connectivity index (χ2n) is 3.69. The number of alkyl halides is 2. The average molecular weight is 229 g/mol. The van der Waals surface area contributed by atoms with Crippen LogP contribution in [-0.4, -0.2) is 36.1 Å². The molecule has 1 N–H and O–H groups in total. The number of rotatable bonds is 7. The Bertz CT molecular complexity index is 280. The van der Waals surface area contributed by atoms with Crippen molar-refractivity contribution in [3.8, 4) is 0 Å². The maximum absolute atomic E-state index is 12.3. The predicted molar refractivity (Wildman–Crippen MR) is 59.4 cm³/mol. The third-order valence-corrected chi connectivity index (χ3v) is 2.28. The van der Waals surface area contributed by atoms with Gasteiger partial charge in [0.1, 0.15) is 0 Å². The molecule has 1 aromatic rings. The zero-order valence-corrected chi connectivity index (χ0v) is 9.15. The van der Waals surface area contributed by atoms with E-state index >= 15 is 0 Å². The Morgan fingerprint density at radius 3 is 2.44 bits per heavy atom. The van der Waals surface area contributed by atoms with E-state index in [0.29, 0.717) is 19.5 Å². The van der Waals surface area contributed by atoms with Gasteiger partial charge in [-0.2, -0.15) is 0 Å². The molecule has 0 aromatic heterocycles. The fraction of sp³-hybridized carbons (Fsp3) is 0.500. The maximum Gasteiger partial charge on any atom is 0.251 e. The smallest absolute Gasteiger partial charge is 0.251 e. The van der Waals surface area contributed by atoms with Gasteiger partial charge in [-0.05, 0) is 12.0 Å². The molecule has 0 fully saturated rings. The van der Waals surface area contributed by atoms with Crippen LogP contribution in [-0.2, 0) is 6.54 Å². The van der Waals surface area contributed by atoms with Crippen LogP contribution in [0.4, 0.5) is 8.78 Å². The monoisotopic (exact) mass is 229 g/mol. The summed E-state index contributed by atoms with van der Waals surface area (Å²) in [5, 5.41) is 8.70. The molecule has 0 heterocycles. The first-order valence-electron chi connectivity index (χ1n) is 5.37. The van der Waals surface area contributed by atoms with Gasteiger partial charge < -0.3 is 5.11 Å². The second kappa shape index (κ2) is 7.30. The van der Waals surface area contributed by atoms with Gasteiger partial charge in [-0.1, -0.05) is 30.3 Å². The quantitative estimate of drug-likeness (QED) is 0.774. The third kappa shape index (κ3) is 5.19. The van der Waals surface area contributed by atoms with Gasteiger partial charge in [0.25, 0.3) is 6.43 Å². The van der Waals surface area contributed by atoms with Crippen molar-refractivity contribution in [2.45, 2.75) is 19.4 Å². The Morgan fingerprint density at radius 1 is 1.19 bits per heavy atom. The largest absolute Gasteiger partial charge is 0.396 e. The molecule has 0 saturated carbocycles. The Balaban J connectivity index is 2.49. The van der Waals surface area contributed by atoms with Crippen molar-refractivity contribution in [1.82, 2.24) is 4.90 Å². The van der Waals surface area contributed by atoms with Crippen LogP contribution in [0.5, 0.6) is 0 Å². The third-order valence-electron chi connectivity index (χ3n) is 2.28. The number of aliphatic hydroxyl groups is 1. The molecule has 0 saturated heterocycles. The zero-order chi connectivity index (χ0) is 11.8. The minimum atomic E-state index is -2.33. The molecule has 2 nitrogen and oxygen atoms in total. The lowest BCUT2D eigenvalue weighted by Crippen LogP contribution is -2.30. The van der Waals surface area contributed by atoms with Crippen molar-refractivity contribution < 1.29 is 13.9 Å². The molecule has 0 amide bonds. The van der Waals surface area contributed by atoms with Gasteiger partial charge in [0.05, 0.1) is 6.54 Å². The molecule has 0 aliphatic carbocycles. The highest BCUT2D eigenvalue weighted by Crippen LogP contribution is 2.07. The summed E-state index contributed by atoms with van der Waals surface area (Å²) in [4.78, 5) is 1.66. The summed E-state index contributed by atoms with van der Waals surface area (Å²) in [6, 6.07) is 9.51. The Labute approximate surface area is 94.5 Å². The lowest BCUT2D eigenvalue weighted by molar-refractivity contribution is 0.0808. The second-order valence-corrected chi connectivity index (χ2v) is 3.69. The number of benzene rings is 1. The van der Waals surface area contributed by atoms with E-state index in [1.807, 2.05) is 30.3 Å². The summed E-state index contributed by atoms with van der Waals surface area (Å²) in [6.07, 6.45) is -1.80. The summed E-state index contributed by atoms with van der Waals surface area (Å²) >= 11 is 0. The van der Waals surface area contributed by atoms with Crippen LogP contribution >= 0.6 is 0 Å². The first-order chi connectivity index (χ1) is 7.72. The van der Waals surface area contributed by atoms with Gasteiger partial charge in [0.2, 0.25) is 0 Å². The number of nitrogens with zero attached hydrogens (tertiary/aromatic N) is 1. The molecule has 0 aliphatic heterocycles. The molecule has 0 radical (unpaired) electrons. The minimum Gasteiger partial charge on any atom is -0.396 e. The molecule has 0 bridgehead atoms. The van der Waals surface area contributed by atoms with Crippen LogP contribution < -0.4 is 0 Å². The summed E-state index contributed by atoms with van der Waals surface area (Å²) in [5.41, 5.74) is 1.01. The van der Waals surface area contributed by atoms with Gasteiger partial charge in [-0.25, -0.2) is 8.78 Å². The van der Waals surface area contributed by atoms with E-state index in [9.17, 15) is 8.78 Å². The van der Waals surface area contributed by atoms with Crippen molar-refractivity contribution in [1.29, 1.82) is 0 Å². The molecule has 0 atom stereocenters. The number of aliphatic hydroxyl groups excluding tert-OH is 1. The molecule has 16 heavy (non-hydrogen) atoms. The van der Waals surface area contributed by atoms with Crippen LogP contribution in [0.25, 0.3) is 0 Å². The van der Waals surface area contributed by atoms with Crippen LogP contribution in [0.2, 0.25) is 0 Å². The first kappa shape index (κ1) is 13.1. The highest BCUT2D eigenvalue weighted by Gasteiger charge is 2.11. The highest BCUT2D eigenvalue weighted by atomic mass is 19.3. The highest BCUT2D eigenvalue weighted by molar-refractivity contribution is 5.14. The van der Waals surface area contributed by atoms with Crippen molar-refractivity contribution in [3.63, 3.8) is 0 Å². The molecule has 1 aromatic carbocycles. The Morgan fingerprint density at radius 2 is 1.88 bits per heavy atom. The van der Waals surface area contributed by atoms with Crippen molar-refractivity contribution >= 4 is 0 Å². The van der Waals surface area contributed by atoms with Crippen LogP contribution in [0, 0.1) is 0 Å². The van der Waals surface area contributed by atoms with E-state index in [2.05, 4.69) is 0 Å². The molecule has 0 aliphatic rings. The topological polar surface area (TPSA) is 23.5 Å². The molecule has 4 heteroatoms. The van der Waals surface area contributed by atoms with E-state index in [0.717, 1.165) is 5.56 Å². The number of hydrogen-bond donors (Lipinski definition) is 1. The van der Waals surface area contributed by atoms with Gasteiger partial charge in [0.15, 0.2) is 0 Å². The lowest BCUT2D eigenvalue weighted by Gasteiger charge is -2.21.